The van der Waals surface area contributed by atoms with Crippen LogP contribution < -0.4 is 10.6 Å². The molecule has 0 saturated carbocycles. The number of nitrogens with zero attached hydrogens (tertiary/aromatic N) is 2. The van der Waals surface area contributed by atoms with Crippen molar-refractivity contribution in [2.45, 2.75) is 20.4 Å². The lowest BCUT2D eigenvalue weighted by molar-refractivity contribution is -0.138. The second-order valence-corrected chi connectivity index (χ2v) is 7.03. The molecular formula is C20H28N4O3. The third-order valence-corrected chi connectivity index (χ3v) is 4.91. The molecule has 0 bridgehead atoms. The van der Waals surface area contributed by atoms with Crippen molar-refractivity contribution in [2.75, 3.05) is 45.9 Å². The van der Waals surface area contributed by atoms with Crippen LogP contribution in [-0.4, -0.2) is 67.7 Å². The molecule has 3 rings (SSSR count). The zero-order valence-electron chi connectivity index (χ0n) is 16.1. The van der Waals surface area contributed by atoms with Gasteiger partial charge in [0.1, 0.15) is 0 Å². The molecule has 0 unspecified atom stereocenters. The van der Waals surface area contributed by atoms with Gasteiger partial charge in [-0.15, -0.1) is 0 Å². The van der Waals surface area contributed by atoms with Gasteiger partial charge in [-0.05, 0) is 19.4 Å². The molecular weight excluding hydrogens is 344 g/mol. The lowest BCUT2D eigenvalue weighted by atomic mass is 10.1. The summed E-state index contributed by atoms with van der Waals surface area (Å²) in [6, 6.07) is 8.35. The van der Waals surface area contributed by atoms with E-state index in [4.69, 9.17) is 4.74 Å². The lowest BCUT2D eigenvalue weighted by Crippen LogP contribution is -2.50. The second-order valence-electron chi connectivity index (χ2n) is 7.03. The van der Waals surface area contributed by atoms with E-state index in [0.29, 0.717) is 24.4 Å². The van der Waals surface area contributed by atoms with E-state index in [1.165, 1.54) is 11.1 Å². The summed E-state index contributed by atoms with van der Waals surface area (Å²) in [6.45, 7) is 9.65. The van der Waals surface area contributed by atoms with Crippen molar-refractivity contribution in [1.82, 2.24) is 20.4 Å². The molecule has 2 aliphatic heterocycles. The van der Waals surface area contributed by atoms with Gasteiger partial charge >= 0.3 is 12.0 Å². The molecule has 0 aromatic heterocycles. The number of hydrogen-bond donors (Lipinski definition) is 2. The molecule has 0 atom stereocenters. The zero-order valence-corrected chi connectivity index (χ0v) is 16.1. The van der Waals surface area contributed by atoms with Crippen LogP contribution in [0.5, 0.6) is 0 Å². The van der Waals surface area contributed by atoms with Gasteiger partial charge in [0.2, 0.25) is 0 Å². The number of piperazine rings is 1. The monoisotopic (exact) mass is 372 g/mol. The van der Waals surface area contributed by atoms with Gasteiger partial charge in [0, 0.05) is 45.0 Å². The number of hydrogen-bond acceptors (Lipinski definition) is 5. The topological polar surface area (TPSA) is 73.9 Å². The number of carbonyl (C=O) groups excluding carboxylic acids is 2. The number of amides is 2. The maximum atomic E-state index is 12.1. The molecule has 7 nitrogen and oxygen atoms in total. The first-order valence-electron chi connectivity index (χ1n) is 9.49. The number of esters is 1. The van der Waals surface area contributed by atoms with Crippen LogP contribution in [0.3, 0.4) is 0 Å². The molecule has 2 aliphatic rings. The Hall–Kier alpha value is -2.38. The third kappa shape index (κ3) is 5.30. The molecule has 7 heteroatoms. The maximum absolute atomic E-state index is 12.1. The van der Waals surface area contributed by atoms with Gasteiger partial charge in [-0.25, -0.2) is 9.59 Å². The number of ether oxygens (including phenoxy) is 1. The lowest BCUT2D eigenvalue weighted by Gasteiger charge is -2.36. The summed E-state index contributed by atoms with van der Waals surface area (Å²) in [7, 11) is 0. The summed E-state index contributed by atoms with van der Waals surface area (Å²) < 4.78 is 5.11. The molecule has 146 valence electrons. The van der Waals surface area contributed by atoms with Crippen molar-refractivity contribution < 1.29 is 14.3 Å². The molecule has 2 N–H and O–H groups in total. The molecule has 2 amide bonds. The molecule has 2 heterocycles. The molecule has 0 radical (unpaired) electrons. The number of rotatable bonds is 6. The summed E-state index contributed by atoms with van der Waals surface area (Å²) in [6.07, 6.45) is 0. The fourth-order valence-corrected chi connectivity index (χ4v) is 3.48. The van der Waals surface area contributed by atoms with Crippen molar-refractivity contribution in [3.8, 4) is 0 Å². The molecule has 1 saturated heterocycles. The average molecular weight is 372 g/mol. The first-order chi connectivity index (χ1) is 13.0. The summed E-state index contributed by atoms with van der Waals surface area (Å²) in [5, 5.41) is 5.43. The Bertz CT molecular complexity index is 724. The van der Waals surface area contributed by atoms with Crippen molar-refractivity contribution in [3.05, 3.63) is 46.7 Å². The molecule has 1 fully saturated rings. The number of urea groups is 1. The average Bonchev–Trinajstić information content (AvgIpc) is 2.64. The number of nitrogens with one attached hydrogen (secondary N) is 2. The van der Waals surface area contributed by atoms with Crippen molar-refractivity contribution in [2.24, 2.45) is 0 Å². The van der Waals surface area contributed by atoms with Crippen LogP contribution >= 0.6 is 0 Å². The van der Waals surface area contributed by atoms with Gasteiger partial charge in [-0.2, -0.15) is 0 Å². The largest absolute Gasteiger partial charge is 0.463 e. The van der Waals surface area contributed by atoms with E-state index in [9.17, 15) is 9.59 Å². The van der Waals surface area contributed by atoms with Gasteiger partial charge < -0.3 is 15.4 Å². The molecule has 27 heavy (non-hydrogen) atoms. The SMILES string of the molecule is CCOC(=O)C1=C(CN2CCN(Cc3cccc(C)c3)CC2)NC(=O)NC1. The zero-order chi connectivity index (χ0) is 19.2. The highest BCUT2D eigenvalue weighted by Crippen LogP contribution is 2.14. The minimum atomic E-state index is -0.363. The maximum Gasteiger partial charge on any atom is 0.337 e. The van der Waals surface area contributed by atoms with Crippen LogP contribution in [0.15, 0.2) is 35.5 Å². The van der Waals surface area contributed by atoms with Crippen LogP contribution in [0.25, 0.3) is 0 Å². The summed E-state index contributed by atoms with van der Waals surface area (Å²) in [5.74, 6) is -0.363. The fraction of sp³-hybridized carbons (Fsp3) is 0.500. The predicted molar refractivity (Wildman–Crippen MR) is 103 cm³/mol. The van der Waals surface area contributed by atoms with Crippen molar-refractivity contribution in [1.29, 1.82) is 0 Å². The summed E-state index contributed by atoms with van der Waals surface area (Å²) in [5.41, 5.74) is 3.79. The van der Waals surface area contributed by atoms with Crippen LogP contribution in [-0.2, 0) is 16.1 Å². The highest BCUT2D eigenvalue weighted by Gasteiger charge is 2.26. The Kier molecular flexibility index (Phi) is 6.47. The normalized spacial score (nSPS) is 18.8. The smallest absolute Gasteiger partial charge is 0.337 e. The Balaban J connectivity index is 1.57. The van der Waals surface area contributed by atoms with Gasteiger partial charge in [-0.3, -0.25) is 9.80 Å². The van der Waals surface area contributed by atoms with E-state index in [1.54, 1.807) is 6.92 Å². The number of carbonyl (C=O) groups is 2. The number of benzene rings is 1. The standard InChI is InChI=1S/C20H28N4O3/c1-3-27-19(25)17-12-21-20(26)22-18(17)14-24-9-7-23(8-10-24)13-16-6-4-5-15(2)11-16/h4-6,11H,3,7-10,12-14H2,1-2H3,(H2,21,22,26). The minimum absolute atomic E-state index is 0.216. The summed E-state index contributed by atoms with van der Waals surface area (Å²) >= 11 is 0. The molecule has 0 spiro atoms. The van der Waals surface area contributed by atoms with Gasteiger partial charge in [0.15, 0.2) is 0 Å². The second kappa shape index (κ2) is 9.01. The van der Waals surface area contributed by atoms with Crippen molar-refractivity contribution in [3.63, 3.8) is 0 Å². The van der Waals surface area contributed by atoms with Gasteiger partial charge in [0.25, 0.3) is 0 Å². The van der Waals surface area contributed by atoms with Crippen LogP contribution in [0.4, 0.5) is 4.79 Å². The minimum Gasteiger partial charge on any atom is -0.463 e. The molecule has 0 aliphatic carbocycles. The summed E-state index contributed by atoms with van der Waals surface area (Å²) in [4.78, 5) is 28.5. The van der Waals surface area contributed by atoms with Gasteiger partial charge in [-0.1, -0.05) is 29.8 Å². The first-order valence-corrected chi connectivity index (χ1v) is 9.49. The van der Waals surface area contributed by atoms with E-state index in [0.717, 1.165) is 32.7 Å². The Morgan fingerprint density at radius 3 is 2.52 bits per heavy atom. The van der Waals surface area contributed by atoms with E-state index < -0.39 is 0 Å². The van der Waals surface area contributed by atoms with Crippen LogP contribution in [0.1, 0.15) is 18.1 Å². The van der Waals surface area contributed by atoms with Crippen LogP contribution in [0, 0.1) is 6.92 Å². The first kappa shape index (κ1) is 19.4. The fourth-order valence-electron chi connectivity index (χ4n) is 3.48. The van der Waals surface area contributed by atoms with E-state index in [1.807, 2.05) is 0 Å². The third-order valence-electron chi connectivity index (χ3n) is 4.91. The van der Waals surface area contributed by atoms with E-state index >= 15 is 0 Å². The molecule has 1 aromatic rings. The predicted octanol–water partition coefficient (Wildman–Crippen LogP) is 1.24. The van der Waals surface area contributed by atoms with Crippen molar-refractivity contribution >= 4 is 12.0 Å². The highest BCUT2D eigenvalue weighted by molar-refractivity contribution is 5.93. The highest BCUT2D eigenvalue weighted by atomic mass is 16.5. The Labute approximate surface area is 160 Å². The Morgan fingerprint density at radius 2 is 1.85 bits per heavy atom. The van der Waals surface area contributed by atoms with Gasteiger partial charge in [0.05, 0.1) is 18.7 Å². The van der Waals surface area contributed by atoms with Crippen LogP contribution in [0.2, 0.25) is 0 Å². The Morgan fingerprint density at radius 1 is 1.15 bits per heavy atom. The molecule has 1 aromatic carbocycles. The van der Waals surface area contributed by atoms with E-state index in [-0.39, 0.29) is 18.5 Å². The van der Waals surface area contributed by atoms with E-state index in [2.05, 4.69) is 51.6 Å². The number of aryl methyl sites for hydroxylation is 1. The quantitative estimate of drug-likeness (QED) is 0.735.